The van der Waals surface area contributed by atoms with Crippen LogP contribution in [0.4, 0.5) is 4.39 Å². The SMILES string of the molecule is COCC=NOCCC1=C(C)C(=Cc2ccncc2)c2ccc(F)cc21. The first-order valence-corrected chi connectivity index (χ1v) is 8.45. The number of allylic oxidation sites excluding steroid dienone is 2. The van der Waals surface area contributed by atoms with Crippen molar-refractivity contribution in [1.29, 1.82) is 0 Å². The zero-order valence-corrected chi connectivity index (χ0v) is 14.9. The van der Waals surface area contributed by atoms with Gasteiger partial charge in [0, 0.05) is 25.9 Å². The Kier molecular flexibility index (Phi) is 5.92. The largest absolute Gasteiger partial charge is 0.396 e. The van der Waals surface area contributed by atoms with Crippen LogP contribution in [0.15, 0.2) is 53.5 Å². The summed E-state index contributed by atoms with van der Waals surface area (Å²) in [5.41, 5.74) is 6.34. The highest BCUT2D eigenvalue weighted by Gasteiger charge is 2.24. The van der Waals surface area contributed by atoms with Gasteiger partial charge in [0.05, 0.1) is 12.8 Å². The molecule has 1 heterocycles. The molecule has 0 aliphatic heterocycles. The van der Waals surface area contributed by atoms with Crippen LogP contribution < -0.4 is 0 Å². The number of hydrogen-bond donors (Lipinski definition) is 0. The maximum Gasteiger partial charge on any atom is 0.123 e. The molecule has 0 spiro atoms. The van der Waals surface area contributed by atoms with Gasteiger partial charge in [0.15, 0.2) is 0 Å². The molecule has 5 heteroatoms. The van der Waals surface area contributed by atoms with Crippen molar-refractivity contribution in [3.05, 3.63) is 70.8 Å². The Morgan fingerprint density at radius 1 is 1.15 bits per heavy atom. The van der Waals surface area contributed by atoms with Crippen LogP contribution >= 0.6 is 0 Å². The first-order valence-electron chi connectivity index (χ1n) is 8.45. The van der Waals surface area contributed by atoms with E-state index in [0.29, 0.717) is 19.6 Å². The molecule has 0 atom stereocenters. The van der Waals surface area contributed by atoms with Gasteiger partial charge in [0.1, 0.15) is 12.4 Å². The number of hydrogen-bond acceptors (Lipinski definition) is 4. The average Bonchev–Trinajstić information content (AvgIpc) is 2.90. The molecule has 1 aromatic carbocycles. The highest BCUT2D eigenvalue weighted by atomic mass is 19.1. The standard InChI is InChI=1S/C21H21FN2O2/c1-15-18(7-11-26-24-10-12-25-2)21-14-17(22)3-4-19(21)20(15)13-16-5-8-23-9-6-16/h3-6,8-10,13-14H,7,11-12H2,1-2H3. The van der Waals surface area contributed by atoms with Gasteiger partial charge in [-0.1, -0.05) is 11.2 Å². The van der Waals surface area contributed by atoms with Crippen molar-refractivity contribution in [1.82, 2.24) is 4.98 Å². The number of methoxy groups -OCH3 is 1. The molecule has 0 saturated carbocycles. The summed E-state index contributed by atoms with van der Waals surface area (Å²) < 4.78 is 18.7. The fourth-order valence-corrected chi connectivity index (χ4v) is 3.06. The Morgan fingerprint density at radius 3 is 2.73 bits per heavy atom. The molecule has 0 amide bonds. The zero-order valence-electron chi connectivity index (χ0n) is 14.9. The molecular weight excluding hydrogens is 331 g/mol. The summed E-state index contributed by atoms with van der Waals surface area (Å²) in [5.74, 6) is -0.238. The van der Waals surface area contributed by atoms with Gasteiger partial charge in [-0.2, -0.15) is 0 Å². The van der Waals surface area contributed by atoms with E-state index in [1.165, 1.54) is 6.07 Å². The van der Waals surface area contributed by atoms with Crippen molar-refractivity contribution in [2.24, 2.45) is 5.16 Å². The third-order valence-corrected chi connectivity index (χ3v) is 4.30. The van der Waals surface area contributed by atoms with E-state index in [-0.39, 0.29) is 5.82 Å². The van der Waals surface area contributed by atoms with E-state index in [2.05, 4.69) is 23.1 Å². The van der Waals surface area contributed by atoms with Crippen molar-refractivity contribution in [3.63, 3.8) is 0 Å². The molecule has 2 aromatic rings. The summed E-state index contributed by atoms with van der Waals surface area (Å²) in [5, 5.41) is 3.84. The van der Waals surface area contributed by atoms with Gasteiger partial charge >= 0.3 is 0 Å². The van der Waals surface area contributed by atoms with Crippen LogP contribution in [-0.4, -0.2) is 31.5 Å². The summed E-state index contributed by atoms with van der Waals surface area (Å²) in [4.78, 5) is 9.33. The number of fused-ring (bicyclic) bond motifs is 1. The number of nitrogens with zero attached hydrogens (tertiary/aromatic N) is 2. The van der Waals surface area contributed by atoms with Crippen molar-refractivity contribution < 1.29 is 14.0 Å². The number of rotatable bonds is 7. The molecule has 26 heavy (non-hydrogen) atoms. The molecule has 4 nitrogen and oxygen atoms in total. The van der Waals surface area contributed by atoms with Gasteiger partial charge in [-0.15, -0.1) is 0 Å². The Balaban J connectivity index is 1.87. The van der Waals surface area contributed by atoms with Gasteiger partial charge in [-0.05, 0) is 70.7 Å². The lowest BCUT2D eigenvalue weighted by atomic mass is 10.0. The maximum atomic E-state index is 13.8. The second-order valence-corrected chi connectivity index (χ2v) is 5.96. The second-order valence-electron chi connectivity index (χ2n) is 5.96. The molecule has 0 saturated heterocycles. The Morgan fingerprint density at radius 2 is 1.96 bits per heavy atom. The van der Waals surface area contributed by atoms with Gasteiger partial charge in [-0.25, -0.2) is 4.39 Å². The molecule has 0 fully saturated rings. The van der Waals surface area contributed by atoms with Crippen molar-refractivity contribution in [2.45, 2.75) is 13.3 Å². The van der Waals surface area contributed by atoms with Gasteiger partial charge < -0.3 is 9.57 Å². The van der Waals surface area contributed by atoms with E-state index in [0.717, 1.165) is 33.4 Å². The minimum Gasteiger partial charge on any atom is -0.396 e. The lowest BCUT2D eigenvalue weighted by Gasteiger charge is -2.05. The van der Waals surface area contributed by atoms with Crippen LogP contribution in [0.2, 0.25) is 0 Å². The van der Waals surface area contributed by atoms with Crippen LogP contribution in [0.25, 0.3) is 17.2 Å². The number of oxime groups is 1. The second kappa shape index (κ2) is 8.54. The summed E-state index contributed by atoms with van der Waals surface area (Å²) >= 11 is 0. The predicted octanol–water partition coefficient (Wildman–Crippen LogP) is 4.59. The van der Waals surface area contributed by atoms with E-state index < -0.39 is 0 Å². The number of aromatic nitrogens is 1. The summed E-state index contributed by atoms with van der Waals surface area (Å²) in [6.07, 6.45) is 7.86. The summed E-state index contributed by atoms with van der Waals surface area (Å²) in [6, 6.07) is 8.84. The molecule has 0 radical (unpaired) electrons. The van der Waals surface area contributed by atoms with Crippen LogP contribution in [-0.2, 0) is 9.57 Å². The van der Waals surface area contributed by atoms with E-state index in [9.17, 15) is 4.39 Å². The Bertz CT molecular complexity index is 858. The molecule has 3 rings (SSSR count). The lowest BCUT2D eigenvalue weighted by molar-refractivity contribution is 0.148. The quantitative estimate of drug-likeness (QED) is 0.416. The number of halogens is 1. The van der Waals surface area contributed by atoms with Crippen molar-refractivity contribution in [2.75, 3.05) is 20.3 Å². The maximum absolute atomic E-state index is 13.8. The van der Waals surface area contributed by atoms with Crippen molar-refractivity contribution in [3.8, 4) is 0 Å². The Hall–Kier alpha value is -2.79. The zero-order chi connectivity index (χ0) is 18.4. The molecular formula is C21H21FN2O2. The highest BCUT2D eigenvalue weighted by molar-refractivity contribution is 6.05. The number of pyridine rings is 1. The van der Waals surface area contributed by atoms with Crippen LogP contribution in [0.3, 0.4) is 0 Å². The third kappa shape index (κ3) is 4.06. The molecule has 0 bridgehead atoms. The molecule has 134 valence electrons. The fraction of sp³-hybridized carbons (Fsp3) is 0.238. The lowest BCUT2D eigenvalue weighted by Crippen LogP contribution is -1.95. The normalized spacial score (nSPS) is 15.1. The minimum absolute atomic E-state index is 0.238. The summed E-state index contributed by atoms with van der Waals surface area (Å²) in [7, 11) is 1.60. The van der Waals surface area contributed by atoms with Gasteiger partial charge in [0.25, 0.3) is 0 Å². The van der Waals surface area contributed by atoms with E-state index in [1.807, 2.05) is 18.2 Å². The Labute approximate surface area is 152 Å². The molecule has 0 N–H and O–H groups in total. The predicted molar refractivity (Wildman–Crippen MR) is 102 cm³/mol. The number of ether oxygens (including phenoxy) is 1. The number of benzene rings is 1. The van der Waals surface area contributed by atoms with Crippen molar-refractivity contribution >= 4 is 23.4 Å². The van der Waals surface area contributed by atoms with Gasteiger partial charge in [-0.3, -0.25) is 4.98 Å². The van der Waals surface area contributed by atoms with Crippen LogP contribution in [0.5, 0.6) is 0 Å². The van der Waals surface area contributed by atoms with E-state index in [4.69, 9.17) is 9.57 Å². The summed E-state index contributed by atoms with van der Waals surface area (Å²) in [6.45, 7) is 2.90. The molecule has 1 aliphatic carbocycles. The molecule has 1 aromatic heterocycles. The first-order chi connectivity index (χ1) is 12.7. The van der Waals surface area contributed by atoms with E-state index >= 15 is 0 Å². The van der Waals surface area contributed by atoms with E-state index in [1.54, 1.807) is 31.8 Å². The third-order valence-electron chi connectivity index (χ3n) is 4.30. The van der Waals surface area contributed by atoms with Crippen LogP contribution in [0, 0.1) is 5.82 Å². The smallest absolute Gasteiger partial charge is 0.123 e. The van der Waals surface area contributed by atoms with Gasteiger partial charge in [0.2, 0.25) is 0 Å². The van der Waals surface area contributed by atoms with Crippen LogP contribution in [0.1, 0.15) is 30.0 Å². The monoisotopic (exact) mass is 352 g/mol. The fourth-order valence-electron chi connectivity index (χ4n) is 3.06. The minimum atomic E-state index is -0.238. The highest BCUT2D eigenvalue weighted by Crippen LogP contribution is 2.43. The average molecular weight is 352 g/mol. The first kappa shape index (κ1) is 18.0. The molecule has 0 unspecified atom stereocenters. The molecule has 1 aliphatic rings. The topological polar surface area (TPSA) is 43.7 Å².